The highest BCUT2D eigenvalue weighted by molar-refractivity contribution is 7.93. The van der Waals surface area contributed by atoms with E-state index in [2.05, 4.69) is 5.32 Å². The van der Waals surface area contributed by atoms with Gasteiger partial charge in [0.25, 0.3) is 15.9 Å². The van der Waals surface area contributed by atoms with Crippen LogP contribution in [-0.2, 0) is 20.0 Å². The monoisotopic (exact) mass is 583 g/mol. The molecule has 0 radical (unpaired) electrons. The molecule has 0 atom stereocenters. The molecule has 8 nitrogen and oxygen atoms in total. The van der Waals surface area contributed by atoms with Gasteiger partial charge in [-0.3, -0.25) is 9.10 Å². The molecule has 0 fully saturated rings. The van der Waals surface area contributed by atoms with Gasteiger partial charge in [0.1, 0.15) is 4.90 Å². The molecule has 0 aliphatic heterocycles. The summed E-state index contributed by atoms with van der Waals surface area (Å²) in [6, 6.07) is 16.6. The average Bonchev–Trinajstić information content (AvgIpc) is 2.85. The van der Waals surface area contributed by atoms with E-state index >= 15 is 0 Å². The van der Waals surface area contributed by atoms with Crippen molar-refractivity contribution in [2.45, 2.75) is 30.6 Å². The van der Waals surface area contributed by atoms with Crippen molar-refractivity contribution >= 4 is 60.5 Å². The average molecular weight is 585 g/mol. The van der Waals surface area contributed by atoms with Crippen LogP contribution in [0.25, 0.3) is 0 Å². The first-order valence-corrected chi connectivity index (χ1v) is 15.1. The van der Waals surface area contributed by atoms with E-state index < -0.39 is 26.0 Å². The molecule has 0 bridgehead atoms. The van der Waals surface area contributed by atoms with E-state index in [9.17, 15) is 21.6 Å². The van der Waals surface area contributed by atoms with Crippen LogP contribution in [0, 0.1) is 0 Å². The van der Waals surface area contributed by atoms with Crippen molar-refractivity contribution in [3.63, 3.8) is 0 Å². The molecule has 0 heterocycles. The van der Waals surface area contributed by atoms with Crippen molar-refractivity contribution in [3.05, 3.63) is 82.3 Å². The smallest absolute Gasteiger partial charge is 0.265 e. The van der Waals surface area contributed by atoms with Gasteiger partial charge in [-0.1, -0.05) is 61.3 Å². The number of hydrogen-bond acceptors (Lipinski definition) is 5. The van der Waals surface area contributed by atoms with Crippen molar-refractivity contribution in [1.82, 2.24) is 4.31 Å². The lowest BCUT2D eigenvalue weighted by Gasteiger charge is -2.24. The van der Waals surface area contributed by atoms with E-state index in [-0.39, 0.29) is 37.6 Å². The lowest BCUT2D eigenvalue weighted by molar-refractivity contribution is 0.102. The zero-order valence-electron chi connectivity index (χ0n) is 20.5. The summed E-state index contributed by atoms with van der Waals surface area (Å²) in [5.41, 5.74) is 0.507. The van der Waals surface area contributed by atoms with Gasteiger partial charge in [-0.05, 0) is 49.4 Å². The van der Waals surface area contributed by atoms with E-state index in [1.165, 1.54) is 38.9 Å². The van der Waals surface area contributed by atoms with E-state index in [0.717, 1.165) is 6.07 Å². The van der Waals surface area contributed by atoms with Crippen LogP contribution in [-0.4, -0.2) is 46.7 Å². The van der Waals surface area contributed by atoms with E-state index in [0.29, 0.717) is 18.8 Å². The van der Waals surface area contributed by atoms with Gasteiger partial charge in [-0.15, -0.1) is 0 Å². The molecular weight excluding hydrogens is 557 g/mol. The summed E-state index contributed by atoms with van der Waals surface area (Å²) < 4.78 is 55.2. The Morgan fingerprint density at radius 3 is 2.03 bits per heavy atom. The molecule has 0 unspecified atom stereocenters. The molecule has 12 heteroatoms. The predicted molar refractivity (Wildman–Crippen MR) is 148 cm³/mol. The Hall–Kier alpha value is -2.63. The standard InChI is InChI=1S/C25H27Cl2N3O5S2/c1-4-29(5-2)36(32,33)20-14-10-11-18(15-20)28-25(31)21-16-24(23(27)17-22(21)26)37(34,35)30(6-3)19-12-8-7-9-13-19/h7-17H,4-6H2,1-3H3,(H,28,31). The number of sulfonamides is 2. The second kappa shape index (κ2) is 11.8. The molecule has 198 valence electrons. The summed E-state index contributed by atoms with van der Waals surface area (Å²) in [6.07, 6.45) is 0. The number of anilines is 2. The number of benzene rings is 3. The van der Waals surface area contributed by atoms with Gasteiger partial charge in [0.15, 0.2) is 0 Å². The zero-order valence-corrected chi connectivity index (χ0v) is 23.6. The lowest BCUT2D eigenvalue weighted by Crippen LogP contribution is -2.31. The first-order valence-electron chi connectivity index (χ1n) is 11.5. The maximum Gasteiger partial charge on any atom is 0.265 e. The quantitative estimate of drug-likeness (QED) is 0.340. The Labute approximate surface area is 227 Å². The summed E-state index contributed by atoms with van der Waals surface area (Å²) in [6.45, 7) is 5.87. The fraction of sp³-hybridized carbons (Fsp3) is 0.240. The highest BCUT2D eigenvalue weighted by Crippen LogP contribution is 2.33. The molecule has 0 saturated heterocycles. The Balaban J connectivity index is 1.98. The van der Waals surface area contributed by atoms with Gasteiger partial charge in [0.05, 0.1) is 26.2 Å². The number of rotatable bonds is 10. The molecule has 0 aliphatic rings. The summed E-state index contributed by atoms with van der Waals surface area (Å²) in [4.78, 5) is 12.9. The molecule has 3 aromatic rings. The third kappa shape index (κ3) is 6.10. The SMILES string of the molecule is CCN(CC)S(=O)(=O)c1cccc(NC(=O)c2cc(S(=O)(=O)N(CC)c3ccccc3)c(Cl)cc2Cl)c1. The van der Waals surface area contributed by atoms with Gasteiger partial charge >= 0.3 is 0 Å². The van der Waals surface area contributed by atoms with Gasteiger partial charge in [0, 0.05) is 25.3 Å². The topological polar surface area (TPSA) is 104 Å². The number of hydrogen-bond donors (Lipinski definition) is 1. The number of carbonyl (C=O) groups excluding carboxylic acids is 1. The van der Waals surface area contributed by atoms with Crippen LogP contribution in [0.2, 0.25) is 10.0 Å². The van der Waals surface area contributed by atoms with E-state index in [1.54, 1.807) is 51.1 Å². The number of nitrogens with one attached hydrogen (secondary N) is 1. The second-order valence-electron chi connectivity index (χ2n) is 7.84. The Morgan fingerprint density at radius 1 is 0.784 bits per heavy atom. The van der Waals surface area contributed by atoms with Gasteiger partial charge < -0.3 is 5.32 Å². The minimum Gasteiger partial charge on any atom is -0.322 e. The number of nitrogens with zero attached hydrogens (tertiary/aromatic N) is 2. The molecular formula is C25H27Cl2N3O5S2. The molecule has 1 N–H and O–H groups in total. The van der Waals surface area contributed by atoms with Crippen LogP contribution < -0.4 is 9.62 Å². The molecule has 0 saturated carbocycles. The van der Waals surface area contributed by atoms with Crippen molar-refractivity contribution < 1.29 is 21.6 Å². The number of halogens is 2. The van der Waals surface area contributed by atoms with Gasteiger partial charge in [-0.2, -0.15) is 4.31 Å². The maximum atomic E-state index is 13.5. The molecule has 3 rings (SSSR count). The third-order valence-electron chi connectivity index (χ3n) is 5.60. The first kappa shape index (κ1) is 28.9. The molecule has 1 amide bonds. The summed E-state index contributed by atoms with van der Waals surface area (Å²) in [5, 5.41) is 2.41. The van der Waals surface area contributed by atoms with Gasteiger partial charge in [0.2, 0.25) is 10.0 Å². The predicted octanol–water partition coefficient (Wildman–Crippen LogP) is 5.49. The van der Waals surface area contributed by atoms with E-state index in [4.69, 9.17) is 23.2 Å². The largest absolute Gasteiger partial charge is 0.322 e. The lowest BCUT2D eigenvalue weighted by atomic mass is 10.2. The zero-order chi connectivity index (χ0) is 27.4. The van der Waals surface area contributed by atoms with E-state index in [1.807, 2.05) is 0 Å². The summed E-state index contributed by atoms with van der Waals surface area (Å²) in [7, 11) is -7.89. The highest BCUT2D eigenvalue weighted by atomic mass is 35.5. The van der Waals surface area contributed by atoms with Crippen molar-refractivity contribution in [1.29, 1.82) is 0 Å². The Kier molecular flexibility index (Phi) is 9.25. The number of amides is 1. The van der Waals surface area contributed by atoms with Crippen molar-refractivity contribution in [3.8, 4) is 0 Å². The minimum atomic E-state index is -4.14. The van der Waals surface area contributed by atoms with Crippen LogP contribution in [0.15, 0.2) is 76.5 Å². The summed E-state index contributed by atoms with van der Waals surface area (Å²) in [5.74, 6) is -0.724. The van der Waals surface area contributed by atoms with Crippen LogP contribution in [0.3, 0.4) is 0 Å². The maximum absolute atomic E-state index is 13.5. The molecule has 0 aromatic heterocycles. The summed E-state index contributed by atoms with van der Waals surface area (Å²) >= 11 is 12.5. The van der Waals surface area contributed by atoms with Gasteiger partial charge in [-0.25, -0.2) is 16.8 Å². The van der Waals surface area contributed by atoms with Crippen LogP contribution >= 0.6 is 23.2 Å². The number of carbonyl (C=O) groups is 1. The molecule has 37 heavy (non-hydrogen) atoms. The fourth-order valence-electron chi connectivity index (χ4n) is 3.75. The molecule has 3 aromatic carbocycles. The normalized spacial score (nSPS) is 11.9. The Morgan fingerprint density at radius 2 is 1.43 bits per heavy atom. The first-order chi connectivity index (χ1) is 17.5. The Bertz CT molecular complexity index is 1490. The molecule has 0 aliphatic carbocycles. The van der Waals surface area contributed by atoms with Crippen molar-refractivity contribution in [2.24, 2.45) is 0 Å². The minimum absolute atomic E-state index is 0.0147. The highest BCUT2D eigenvalue weighted by Gasteiger charge is 2.29. The molecule has 0 spiro atoms. The number of para-hydroxylation sites is 1. The fourth-order valence-corrected chi connectivity index (χ4v) is 7.57. The van der Waals surface area contributed by atoms with Crippen LogP contribution in [0.5, 0.6) is 0 Å². The van der Waals surface area contributed by atoms with Crippen LogP contribution in [0.1, 0.15) is 31.1 Å². The third-order valence-corrected chi connectivity index (χ3v) is 10.3. The van der Waals surface area contributed by atoms with Crippen LogP contribution in [0.4, 0.5) is 11.4 Å². The van der Waals surface area contributed by atoms with Crippen molar-refractivity contribution in [2.75, 3.05) is 29.3 Å². The second-order valence-corrected chi connectivity index (χ2v) is 12.4.